The van der Waals surface area contributed by atoms with Crippen LogP contribution in [0.2, 0.25) is 0 Å². The van der Waals surface area contributed by atoms with E-state index in [-0.39, 0.29) is 16.9 Å². The first kappa shape index (κ1) is 22.8. The van der Waals surface area contributed by atoms with Gasteiger partial charge in [0.05, 0.1) is 16.9 Å². The van der Waals surface area contributed by atoms with Gasteiger partial charge in [0.25, 0.3) is 5.91 Å². The molecule has 3 aromatic rings. The van der Waals surface area contributed by atoms with Gasteiger partial charge in [-0.15, -0.1) is 0 Å². The number of carbonyl (C=O) groups excluding carboxylic acids is 1. The number of amides is 1. The van der Waals surface area contributed by atoms with E-state index in [1.807, 2.05) is 32.9 Å². The van der Waals surface area contributed by atoms with E-state index in [9.17, 15) is 23.2 Å². The molecule has 7 nitrogen and oxygen atoms in total. The fourth-order valence-electron chi connectivity index (χ4n) is 3.38. The van der Waals surface area contributed by atoms with Crippen LogP contribution in [0.4, 0.5) is 18.9 Å². The number of hydrogen-bond acceptors (Lipinski definition) is 4. The van der Waals surface area contributed by atoms with Crippen LogP contribution in [0.1, 0.15) is 35.9 Å². The van der Waals surface area contributed by atoms with Crippen molar-refractivity contribution in [2.24, 2.45) is 0 Å². The summed E-state index contributed by atoms with van der Waals surface area (Å²) in [4.78, 5) is 16.6. The van der Waals surface area contributed by atoms with Crippen molar-refractivity contribution >= 4 is 17.7 Å². The molecular formula is C22H21F3N6O. The molecule has 0 aliphatic carbocycles. The highest BCUT2D eigenvalue weighted by Crippen LogP contribution is 2.33. The number of rotatable bonds is 6. The summed E-state index contributed by atoms with van der Waals surface area (Å²) in [5, 5.41) is 15.9. The lowest BCUT2D eigenvalue weighted by Crippen LogP contribution is -2.17. The van der Waals surface area contributed by atoms with Crippen molar-refractivity contribution in [2.45, 2.75) is 39.9 Å². The second-order valence-electron chi connectivity index (χ2n) is 7.17. The summed E-state index contributed by atoms with van der Waals surface area (Å²) in [7, 11) is 0. The van der Waals surface area contributed by atoms with E-state index < -0.39 is 17.6 Å². The molecule has 32 heavy (non-hydrogen) atoms. The molecule has 0 radical (unpaired) electrons. The predicted molar refractivity (Wildman–Crippen MR) is 113 cm³/mol. The van der Waals surface area contributed by atoms with Crippen LogP contribution in [0.25, 0.3) is 11.8 Å². The average Bonchev–Trinajstić information content (AvgIpc) is 3.36. The Labute approximate surface area is 182 Å². The molecule has 1 aromatic carbocycles. The number of anilines is 1. The zero-order chi connectivity index (χ0) is 23.5. The monoisotopic (exact) mass is 442 g/mol. The Morgan fingerprint density at radius 2 is 2.03 bits per heavy atom. The minimum atomic E-state index is -4.61. The van der Waals surface area contributed by atoms with Crippen molar-refractivity contribution in [1.29, 1.82) is 5.26 Å². The van der Waals surface area contributed by atoms with Crippen molar-refractivity contribution < 1.29 is 18.0 Å². The van der Waals surface area contributed by atoms with Crippen LogP contribution in [-0.2, 0) is 17.5 Å². The maximum absolute atomic E-state index is 13.2. The van der Waals surface area contributed by atoms with E-state index in [1.54, 1.807) is 0 Å². The number of benzene rings is 1. The molecule has 0 spiro atoms. The van der Waals surface area contributed by atoms with Gasteiger partial charge in [-0.2, -0.15) is 23.5 Å². The van der Waals surface area contributed by atoms with Crippen molar-refractivity contribution in [2.75, 3.05) is 5.32 Å². The zero-order valence-electron chi connectivity index (χ0n) is 17.7. The largest absolute Gasteiger partial charge is 0.416 e. The lowest BCUT2D eigenvalue weighted by molar-refractivity contribution is -0.137. The molecule has 0 atom stereocenters. The molecule has 0 saturated carbocycles. The summed E-state index contributed by atoms with van der Waals surface area (Å²) < 4.78 is 43.0. The quantitative estimate of drug-likeness (QED) is 0.444. The smallest absolute Gasteiger partial charge is 0.349 e. The molecule has 1 N–H and O–H groups in total. The Hall–Kier alpha value is -3.87. The van der Waals surface area contributed by atoms with Crippen molar-refractivity contribution in [1.82, 2.24) is 19.3 Å². The molecule has 3 rings (SSSR count). The number of alkyl halides is 3. The fraction of sp³-hybridized carbons (Fsp3) is 0.273. The highest BCUT2D eigenvalue weighted by atomic mass is 19.4. The van der Waals surface area contributed by atoms with Crippen LogP contribution in [-0.4, -0.2) is 25.2 Å². The van der Waals surface area contributed by atoms with E-state index in [4.69, 9.17) is 0 Å². The Morgan fingerprint density at radius 3 is 2.62 bits per heavy atom. The molecule has 0 unspecified atom stereocenters. The third kappa shape index (κ3) is 4.72. The second-order valence-corrected chi connectivity index (χ2v) is 7.17. The standard InChI is InChI=1S/C22H21F3N6O/c1-4-7-30-14(2)8-16(15(30)3)9-17(11-26)21(32)29-19-10-18(22(23,24)25)5-6-20(19)31-13-27-12-28-31/h5-6,8-10,12-13H,4,7H2,1-3H3,(H,29,32)/b17-9+. The van der Waals surface area contributed by atoms with Gasteiger partial charge in [-0.1, -0.05) is 6.92 Å². The lowest BCUT2D eigenvalue weighted by atomic mass is 10.1. The van der Waals surface area contributed by atoms with Crippen LogP contribution in [0, 0.1) is 25.2 Å². The number of nitrogens with zero attached hydrogens (tertiary/aromatic N) is 5. The lowest BCUT2D eigenvalue weighted by Gasteiger charge is -2.14. The van der Waals surface area contributed by atoms with Gasteiger partial charge in [0, 0.05) is 17.9 Å². The van der Waals surface area contributed by atoms with Gasteiger partial charge in [0.15, 0.2) is 0 Å². The van der Waals surface area contributed by atoms with Gasteiger partial charge in [-0.3, -0.25) is 4.79 Å². The molecular weight excluding hydrogens is 421 g/mol. The molecule has 0 fully saturated rings. The molecule has 0 aliphatic rings. The van der Waals surface area contributed by atoms with E-state index >= 15 is 0 Å². The van der Waals surface area contributed by atoms with Crippen LogP contribution in [0.5, 0.6) is 0 Å². The summed E-state index contributed by atoms with van der Waals surface area (Å²) in [6.45, 7) is 6.66. The predicted octanol–water partition coefficient (Wildman–Crippen LogP) is 4.66. The zero-order valence-corrected chi connectivity index (χ0v) is 17.7. The van der Waals surface area contributed by atoms with Crippen LogP contribution >= 0.6 is 0 Å². The first-order valence-electron chi connectivity index (χ1n) is 9.81. The van der Waals surface area contributed by atoms with Crippen LogP contribution < -0.4 is 5.32 Å². The average molecular weight is 442 g/mol. The normalized spacial score (nSPS) is 12.0. The molecule has 0 aliphatic heterocycles. The molecule has 0 saturated heterocycles. The molecule has 0 bridgehead atoms. The topological polar surface area (TPSA) is 88.5 Å². The summed E-state index contributed by atoms with van der Waals surface area (Å²) in [6, 6.07) is 6.57. The molecule has 10 heteroatoms. The fourth-order valence-corrected chi connectivity index (χ4v) is 3.38. The van der Waals surface area contributed by atoms with Gasteiger partial charge < -0.3 is 9.88 Å². The number of aryl methyl sites for hydroxylation is 1. The Kier molecular flexibility index (Phi) is 6.48. The summed E-state index contributed by atoms with van der Waals surface area (Å²) in [5.41, 5.74) is 1.44. The van der Waals surface area contributed by atoms with Gasteiger partial charge >= 0.3 is 6.18 Å². The summed E-state index contributed by atoms with van der Waals surface area (Å²) in [5.74, 6) is -0.825. The third-order valence-corrected chi connectivity index (χ3v) is 4.96. The number of carbonyl (C=O) groups is 1. The number of nitrogens with one attached hydrogen (secondary N) is 1. The minimum absolute atomic E-state index is 0.145. The molecule has 1 amide bonds. The second kappa shape index (κ2) is 9.09. The first-order chi connectivity index (χ1) is 15.2. The number of aromatic nitrogens is 4. The van der Waals surface area contributed by atoms with Crippen molar-refractivity contribution in [3.05, 3.63) is 65.0 Å². The van der Waals surface area contributed by atoms with E-state index in [2.05, 4.69) is 20.0 Å². The minimum Gasteiger partial charge on any atom is -0.349 e. The summed E-state index contributed by atoms with van der Waals surface area (Å²) in [6.07, 6.45) is 0.265. The molecule has 166 valence electrons. The van der Waals surface area contributed by atoms with Gasteiger partial charge in [-0.25, -0.2) is 9.67 Å². The summed E-state index contributed by atoms with van der Waals surface area (Å²) >= 11 is 0. The Balaban J connectivity index is 1.99. The SMILES string of the molecule is CCCn1c(C)cc(/C=C(\C#N)C(=O)Nc2cc(C(F)(F)F)ccc2-n2cncn2)c1C. The maximum Gasteiger partial charge on any atom is 0.416 e. The highest BCUT2D eigenvalue weighted by Gasteiger charge is 2.31. The van der Waals surface area contributed by atoms with Gasteiger partial charge in [0.2, 0.25) is 0 Å². The van der Waals surface area contributed by atoms with Crippen molar-refractivity contribution in [3.8, 4) is 11.8 Å². The molecule has 2 heterocycles. The third-order valence-electron chi connectivity index (χ3n) is 4.96. The van der Waals surface area contributed by atoms with Gasteiger partial charge in [-0.05, 0) is 56.2 Å². The number of hydrogen-bond donors (Lipinski definition) is 1. The first-order valence-corrected chi connectivity index (χ1v) is 9.81. The Bertz CT molecular complexity index is 1200. The van der Waals surface area contributed by atoms with Crippen molar-refractivity contribution in [3.63, 3.8) is 0 Å². The molecule has 2 aromatic heterocycles. The van der Waals surface area contributed by atoms with E-state index in [1.165, 1.54) is 29.5 Å². The Morgan fingerprint density at radius 1 is 1.28 bits per heavy atom. The van der Waals surface area contributed by atoms with E-state index in [0.29, 0.717) is 5.56 Å². The van der Waals surface area contributed by atoms with E-state index in [0.717, 1.165) is 36.5 Å². The number of halogens is 3. The maximum atomic E-state index is 13.2. The number of nitriles is 1. The van der Waals surface area contributed by atoms with Crippen LogP contribution in [0.15, 0.2) is 42.5 Å². The highest BCUT2D eigenvalue weighted by molar-refractivity contribution is 6.10. The van der Waals surface area contributed by atoms with Crippen LogP contribution in [0.3, 0.4) is 0 Å². The van der Waals surface area contributed by atoms with Gasteiger partial charge in [0.1, 0.15) is 24.3 Å².